The van der Waals surface area contributed by atoms with Crippen LogP contribution in [0, 0.1) is 0 Å². The Labute approximate surface area is 62.0 Å². The molecule has 0 radical (unpaired) electrons. The monoisotopic (exact) mass is 226 g/mol. The maximum absolute atomic E-state index is 10.4. The van der Waals surface area contributed by atoms with Gasteiger partial charge in [-0.3, -0.25) is 4.79 Å². The standard InChI is InChI=1S/C5H7IO2/c1-4(7)5(6)3-8-2/h3H,1-2H3/b5-3+. The van der Waals surface area contributed by atoms with E-state index in [-0.39, 0.29) is 5.78 Å². The molecule has 0 bridgehead atoms. The van der Waals surface area contributed by atoms with Crippen LogP contribution in [0.4, 0.5) is 0 Å². The molecule has 0 amide bonds. The van der Waals surface area contributed by atoms with Gasteiger partial charge in [0, 0.05) is 0 Å². The van der Waals surface area contributed by atoms with Crippen molar-refractivity contribution < 1.29 is 9.53 Å². The van der Waals surface area contributed by atoms with E-state index in [2.05, 4.69) is 4.74 Å². The van der Waals surface area contributed by atoms with Crippen molar-refractivity contribution in [1.82, 2.24) is 0 Å². The summed E-state index contributed by atoms with van der Waals surface area (Å²) in [4.78, 5) is 10.4. The number of rotatable bonds is 2. The minimum atomic E-state index is 0.0347. The molecule has 0 heterocycles. The molecule has 2 nitrogen and oxygen atoms in total. The first kappa shape index (κ1) is 7.94. The molecular weight excluding hydrogens is 219 g/mol. The zero-order valence-electron chi connectivity index (χ0n) is 4.77. The molecule has 0 unspecified atom stereocenters. The molecule has 0 fully saturated rings. The van der Waals surface area contributed by atoms with Crippen LogP contribution >= 0.6 is 22.6 Å². The van der Waals surface area contributed by atoms with Gasteiger partial charge >= 0.3 is 0 Å². The average Bonchev–Trinajstić information content (AvgIpc) is 1.67. The second-order valence-corrected chi connectivity index (χ2v) is 2.42. The highest BCUT2D eigenvalue weighted by Gasteiger charge is 1.94. The molecule has 0 saturated heterocycles. The molecule has 0 N–H and O–H groups in total. The van der Waals surface area contributed by atoms with Gasteiger partial charge in [-0.1, -0.05) is 0 Å². The van der Waals surface area contributed by atoms with Crippen molar-refractivity contribution in [3.8, 4) is 0 Å². The second-order valence-electron chi connectivity index (χ2n) is 1.26. The summed E-state index contributed by atoms with van der Waals surface area (Å²) in [6.45, 7) is 1.50. The van der Waals surface area contributed by atoms with Gasteiger partial charge in [-0.2, -0.15) is 0 Å². The minimum Gasteiger partial charge on any atom is -0.503 e. The molecule has 8 heavy (non-hydrogen) atoms. The number of carbonyl (C=O) groups is 1. The van der Waals surface area contributed by atoms with E-state index in [4.69, 9.17) is 0 Å². The van der Waals surface area contributed by atoms with E-state index in [1.54, 1.807) is 0 Å². The lowest BCUT2D eigenvalue weighted by Gasteiger charge is -1.88. The third-order valence-corrected chi connectivity index (χ3v) is 1.57. The first-order valence-corrected chi connectivity index (χ1v) is 3.15. The molecule has 0 aromatic rings. The van der Waals surface area contributed by atoms with E-state index in [1.165, 1.54) is 20.3 Å². The van der Waals surface area contributed by atoms with Gasteiger partial charge in [0.2, 0.25) is 0 Å². The third-order valence-electron chi connectivity index (χ3n) is 0.558. The van der Waals surface area contributed by atoms with Gasteiger partial charge < -0.3 is 4.74 Å². The predicted molar refractivity (Wildman–Crippen MR) is 39.8 cm³/mol. The van der Waals surface area contributed by atoms with Crippen molar-refractivity contribution >= 4 is 28.4 Å². The summed E-state index contributed by atoms with van der Waals surface area (Å²) in [5.41, 5.74) is 0. The smallest absolute Gasteiger partial charge is 0.168 e. The minimum absolute atomic E-state index is 0.0347. The van der Waals surface area contributed by atoms with Gasteiger partial charge in [-0.05, 0) is 29.5 Å². The van der Waals surface area contributed by atoms with E-state index in [0.29, 0.717) is 3.58 Å². The summed E-state index contributed by atoms with van der Waals surface area (Å²) in [6.07, 6.45) is 1.42. The van der Waals surface area contributed by atoms with Gasteiger partial charge in [-0.15, -0.1) is 0 Å². The molecular formula is C5H7IO2. The Hall–Kier alpha value is -0.0600. The summed E-state index contributed by atoms with van der Waals surface area (Å²) in [5, 5.41) is 0. The number of methoxy groups -OCH3 is 1. The van der Waals surface area contributed by atoms with E-state index < -0.39 is 0 Å². The molecule has 0 aromatic heterocycles. The van der Waals surface area contributed by atoms with Crippen molar-refractivity contribution in [1.29, 1.82) is 0 Å². The zero-order valence-corrected chi connectivity index (χ0v) is 6.93. The Morgan fingerprint density at radius 1 is 1.75 bits per heavy atom. The number of hydrogen-bond donors (Lipinski definition) is 0. The lowest BCUT2D eigenvalue weighted by atomic mass is 10.4. The number of Topliss-reactive ketones (excluding diaryl/α,β-unsaturated/α-hetero) is 1. The maximum Gasteiger partial charge on any atom is 0.168 e. The number of hydrogen-bond acceptors (Lipinski definition) is 2. The summed E-state index contributed by atoms with van der Waals surface area (Å²) in [7, 11) is 1.52. The number of ether oxygens (including phenoxy) is 1. The van der Waals surface area contributed by atoms with Crippen LogP contribution in [0.3, 0.4) is 0 Å². The van der Waals surface area contributed by atoms with Crippen molar-refractivity contribution in [2.24, 2.45) is 0 Å². The lowest BCUT2D eigenvalue weighted by molar-refractivity contribution is -0.112. The van der Waals surface area contributed by atoms with E-state index in [9.17, 15) is 4.79 Å². The maximum atomic E-state index is 10.4. The molecule has 0 rings (SSSR count). The fourth-order valence-electron chi connectivity index (χ4n) is 0.186. The fraction of sp³-hybridized carbons (Fsp3) is 0.400. The third kappa shape index (κ3) is 3.01. The Morgan fingerprint density at radius 2 is 2.25 bits per heavy atom. The summed E-state index contributed by atoms with van der Waals surface area (Å²) >= 11 is 1.92. The van der Waals surface area contributed by atoms with E-state index in [1.807, 2.05) is 22.6 Å². The highest BCUT2D eigenvalue weighted by molar-refractivity contribution is 14.1. The van der Waals surface area contributed by atoms with Crippen LogP contribution in [-0.4, -0.2) is 12.9 Å². The van der Waals surface area contributed by atoms with Gasteiger partial charge in [0.1, 0.15) is 0 Å². The van der Waals surface area contributed by atoms with Gasteiger partial charge in [0.25, 0.3) is 0 Å². The molecule has 0 aromatic carbocycles. The van der Waals surface area contributed by atoms with Crippen molar-refractivity contribution in [3.63, 3.8) is 0 Å². The molecule has 0 aliphatic carbocycles. The topological polar surface area (TPSA) is 26.3 Å². The highest BCUT2D eigenvalue weighted by atomic mass is 127. The Kier molecular flexibility index (Phi) is 3.85. The van der Waals surface area contributed by atoms with Crippen molar-refractivity contribution in [2.45, 2.75) is 6.92 Å². The Morgan fingerprint density at radius 3 is 2.38 bits per heavy atom. The quantitative estimate of drug-likeness (QED) is 0.405. The first-order valence-electron chi connectivity index (χ1n) is 2.08. The van der Waals surface area contributed by atoms with Crippen LogP contribution in [-0.2, 0) is 9.53 Å². The number of allylic oxidation sites excluding steroid dienone is 1. The number of carbonyl (C=O) groups excluding carboxylic acids is 1. The van der Waals surface area contributed by atoms with Gasteiger partial charge in [0.05, 0.1) is 17.0 Å². The summed E-state index contributed by atoms with van der Waals surface area (Å²) in [5.74, 6) is 0.0347. The number of halogens is 1. The number of ketones is 1. The van der Waals surface area contributed by atoms with Crippen LogP contribution in [0.2, 0.25) is 0 Å². The normalized spacial score (nSPS) is 11.1. The average molecular weight is 226 g/mol. The van der Waals surface area contributed by atoms with Crippen LogP contribution in [0.5, 0.6) is 0 Å². The van der Waals surface area contributed by atoms with Crippen molar-refractivity contribution in [2.75, 3.05) is 7.11 Å². The van der Waals surface area contributed by atoms with Crippen LogP contribution in [0.15, 0.2) is 9.84 Å². The molecule has 0 aliphatic heterocycles. The SMILES string of the molecule is CO/C=C(/I)C(C)=O. The summed E-state index contributed by atoms with van der Waals surface area (Å²) in [6, 6.07) is 0. The lowest BCUT2D eigenvalue weighted by Crippen LogP contribution is -1.87. The highest BCUT2D eigenvalue weighted by Crippen LogP contribution is 2.05. The Balaban J connectivity index is 3.80. The molecule has 0 aliphatic rings. The van der Waals surface area contributed by atoms with Crippen LogP contribution < -0.4 is 0 Å². The molecule has 0 spiro atoms. The summed E-state index contributed by atoms with van der Waals surface area (Å²) < 4.78 is 5.19. The van der Waals surface area contributed by atoms with Crippen LogP contribution in [0.25, 0.3) is 0 Å². The van der Waals surface area contributed by atoms with Crippen molar-refractivity contribution in [3.05, 3.63) is 9.84 Å². The molecule has 0 atom stereocenters. The van der Waals surface area contributed by atoms with Gasteiger partial charge in [-0.25, -0.2) is 0 Å². The van der Waals surface area contributed by atoms with Gasteiger partial charge in [0.15, 0.2) is 5.78 Å². The predicted octanol–water partition coefficient (Wildman–Crippen LogP) is 1.50. The zero-order chi connectivity index (χ0) is 6.57. The van der Waals surface area contributed by atoms with E-state index >= 15 is 0 Å². The Bertz CT molecular complexity index is 118. The molecule has 46 valence electrons. The molecule has 3 heteroatoms. The van der Waals surface area contributed by atoms with Crippen LogP contribution in [0.1, 0.15) is 6.92 Å². The first-order chi connectivity index (χ1) is 3.68. The fourth-order valence-corrected chi connectivity index (χ4v) is 0.441. The second kappa shape index (κ2) is 3.88. The largest absolute Gasteiger partial charge is 0.503 e. The van der Waals surface area contributed by atoms with E-state index in [0.717, 1.165) is 0 Å². The molecule has 0 saturated carbocycles.